The first kappa shape index (κ1) is 18.6. The molecule has 0 saturated heterocycles. The van der Waals surface area contributed by atoms with Crippen molar-refractivity contribution < 1.29 is 14.3 Å². The monoisotopic (exact) mass is 413 g/mol. The summed E-state index contributed by atoms with van der Waals surface area (Å²) in [6, 6.07) is 9.95. The first-order valence-electron chi connectivity index (χ1n) is 8.78. The first-order valence-corrected chi connectivity index (χ1v) is 10.4. The number of hydrogen-bond acceptors (Lipinski definition) is 6. The lowest BCUT2D eigenvalue weighted by molar-refractivity contribution is -0.123. The third-order valence-corrected chi connectivity index (χ3v) is 7.06. The molecule has 0 aliphatic carbocycles. The topological polar surface area (TPSA) is 73.2 Å². The van der Waals surface area contributed by atoms with Crippen molar-refractivity contribution in [2.45, 2.75) is 26.9 Å². The first-order chi connectivity index (χ1) is 13.3. The van der Waals surface area contributed by atoms with E-state index in [1.807, 2.05) is 39.1 Å². The molecule has 1 aromatic carbocycles. The minimum Gasteiger partial charge on any atom is -0.448 e. The molecule has 8 heteroatoms. The number of nitrogens with one attached hydrogen (secondary N) is 1. The van der Waals surface area contributed by atoms with Crippen LogP contribution in [0.4, 0.5) is 5.69 Å². The number of aromatic nitrogens is 2. The number of fused-ring (bicyclic) bond motifs is 3. The predicted octanol–water partition coefficient (Wildman–Crippen LogP) is 4.65. The second-order valence-electron chi connectivity index (χ2n) is 6.61. The largest absolute Gasteiger partial charge is 0.448 e. The Labute approximate surface area is 169 Å². The summed E-state index contributed by atoms with van der Waals surface area (Å²) in [4.78, 5) is 25.5. The van der Waals surface area contributed by atoms with E-state index in [1.165, 1.54) is 16.0 Å². The van der Waals surface area contributed by atoms with Crippen molar-refractivity contribution in [3.63, 3.8) is 0 Å². The normalized spacial score (nSPS) is 12.4. The number of benzene rings is 1. The van der Waals surface area contributed by atoms with Gasteiger partial charge in [-0.2, -0.15) is 5.10 Å². The summed E-state index contributed by atoms with van der Waals surface area (Å²) in [5, 5.41) is 8.22. The van der Waals surface area contributed by atoms with Crippen LogP contribution < -0.4 is 5.32 Å². The average Bonchev–Trinajstić information content (AvgIpc) is 3.29. The maximum Gasteiger partial charge on any atom is 0.349 e. The van der Waals surface area contributed by atoms with E-state index in [2.05, 4.69) is 22.5 Å². The van der Waals surface area contributed by atoms with Crippen molar-refractivity contribution in [2.24, 2.45) is 7.05 Å². The molecule has 4 rings (SSSR count). The van der Waals surface area contributed by atoms with E-state index < -0.39 is 12.1 Å². The Morgan fingerprint density at radius 1 is 1.18 bits per heavy atom. The van der Waals surface area contributed by atoms with Crippen LogP contribution in [0, 0.1) is 13.8 Å². The standard InChI is InChI=1S/C20H19N3O3S2/c1-10-17(11(2)23(4)22-10)21-19(24)12(3)26-20(25)16-9-15-18(28-16)13-7-5-6-8-14(13)27-15/h5-9,12H,1-4H3,(H,21,24)/t12-/m1/s1. The number of ether oxygens (including phenoxy) is 1. The fourth-order valence-electron chi connectivity index (χ4n) is 3.05. The van der Waals surface area contributed by atoms with Crippen molar-refractivity contribution in [3.8, 4) is 0 Å². The third kappa shape index (κ3) is 3.18. The van der Waals surface area contributed by atoms with Crippen LogP contribution in [0.5, 0.6) is 0 Å². The molecule has 6 nitrogen and oxygen atoms in total. The fourth-order valence-corrected chi connectivity index (χ4v) is 5.46. The minimum atomic E-state index is -0.914. The van der Waals surface area contributed by atoms with Crippen LogP contribution in [0.3, 0.4) is 0 Å². The highest BCUT2D eigenvalue weighted by Crippen LogP contribution is 2.39. The van der Waals surface area contributed by atoms with E-state index in [0.717, 1.165) is 26.2 Å². The van der Waals surface area contributed by atoms with Gasteiger partial charge in [-0.05, 0) is 32.9 Å². The number of carbonyl (C=O) groups excluding carboxylic acids is 2. The molecule has 3 aromatic heterocycles. The van der Waals surface area contributed by atoms with Crippen molar-refractivity contribution in [3.05, 3.63) is 46.6 Å². The van der Waals surface area contributed by atoms with Gasteiger partial charge < -0.3 is 10.1 Å². The number of nitrogens with zero attached hydrogens (tertiary/aromatic N) is 2. The van der Waals surface area contributed by atoms with Gasteiger partial charge in [-0.15, -0.1) is 22.7 Å². The zero-order valence-electron chi connectivity index (χ0n) is 15.9. The molecular formula is C20H19N3O3S2. The third-order valence-electron chi connectivity index (χ3n) is 4.66. The van der Waals surface area contributed by atoms with E-state index in [9.17, 15) is 9.59 Å². The van der Waals surface area contributed by atoms with Crippen LogP contribution in [0.25, 0.3) is 19.5 Å². The van der Waals surface area contributed by atoms with Gasteiger partial charge in [0.25, 0.3) is 5.91 Å². The van der Waals surface area contributed by atoms with E-state index >= 15 is 0 Å². The van der Waals surface area contributed by atoms with Gasteiger partial charge in [-0.1, -0.05) is 18.2 Å². The second-order valence-corrected chi connectivity index (χ2v) is 8.74. The van der Waals surface area contributed by atoms with Crippen molar-refractivity contribution >= 4 is 59.7 Å². The lowest BCUT2D eigenvalue weighted by Gasteiger charge is -2.13. The Bertz CT molecular complexity index is 1220. The van der Waals surface area contributed by atoms with Gasteiger partial charge in [0.2, 0.25) is 0 Å². The lowest BCUT2D eigenvalue weighted by Crippen LogP contribution is -2.30. The Morgan fingerprint density at radius 3 is 2.64 bits per heavy atom. The summed E-state index contributed by atoms with van der Waals surface area (Å²) >= 11 is 3.04. The number of anilines is 1. The molecule has 144 valence electrons. The Morgan fingerprint density at radius 2 is 1.93 bits per heavy atom. The quantitative estimate of drug-likeness (QED) is 0.494. The van der Waals surface area contributed by atoms with Crippen molar-refractivity contribution in [2.75, 3.05) is 5.32 Å². The van der Waals surface area contributed by atoms with E-state index in [-0.39, 0.29) is 5.91 Å². The Kier molecular flexibility index (Phi) is 4.68. The predicted molar refractivity (Wildman–Crippen MR) is 113 cm³/mol. The molecule has 28 heavy (non-hydrogen) atoms. The number of carbonyl (C=O) groups is 2. The van der Waals surface area contributed by atoms with Gasteiger partial charge in [-0.25, -0.2) is 4.79 Å². The van der Waals surface area contributed by atoms with Gasteiger partial charge in [-0.3, -0.25) is 9.48 Å². The summed E-state index contributed by atoms with van der Waals surface area (Å²) in [6.07, 6.45) is -0.914. The summed E-state index contributed by atoms with van der Waals surface area (Å²) in [5.74, 6) is -0.865. The number of rotatable bonds is 4. The highest BCUT2D eigenvalue weighted by molar-refractivity contribution is 7.33. The van der Waals surface area contributed by atoms with Crippen LogP contribution in [0.2, 0.25) is 0 Å². The molecule has 0 bridgehead atoms. The number of amides is 1. The fraction of sp³-hybridized carbons (Fsp3) is 0.250. The molecule has 1 amide bonds. The Balaban J connectivity index is 1.49. The van der Waals surface area contributed by atoms with Gasteiger partial charge >= 0.3 is 5.97 Å². The number of esters is 1. The smallest absolute Gasteiger partial charge is 0.349 e. The molecule has 0 unspecified atom stereocenters. The number of aryl methyl sites for hydroxylation is 2. The molecule has 0 spiro atoms. The SMILES string of the molecule is Cc1nn(C)c(C)c1NC(=O)[C@@H](C)OC(=O)c1cc2sc3ccccc3c2s1. The number of thiophene rings is 2. The summed E-state index contributed by atoms with van der Waals surface area (Å²) in [7, 11) is 1.81. The lowest BCUT2D eigenvalue weighted by atomic mass is 10.2. The summed E-state index contributed by atoms with van der Waals surface area (Å²) in [5.41, 5.74) is 2.21. The summed E-state index contributed by atoms with van der Waals surface area (Å²) < 4.78 is 10.4. The molecular weight excluding hydrogens is 394 g/mol. The molecule has 4 aromatic rings. The molecule has 0 radical (unpaired) electrons. The molecule has 3 heterocycles. The number of hydrogen-bond donors (Lipinski definition) is 1. The van der Waals surface area contributed by atoms with Crippen LogP contribution in [-0.4, -0.2) is 27.8 Å². The zero-order chi connectivity index (χ0) is 20.0. The van der Waals surface area contributed by atoms with E-state index in [0.29, 0.717) is 10.6 Å². The molecule has 0 fully saturated rings. The summed E-state index contributed by atoms with van der Waals surface area (Å²) in [6.45, 7) is 5.26. The van der Waals surface area contributed by atoms with Crippen LogP contribution in [0.1, 0.15) is 28.0 Å². The van der Waals surface area contributed by atoms with Crippen molar-refractivity contribution in [1.29, 1.82) is 0 Å². The molecule has 0 aliphatic heterocycles. The Hall–Kier alpha value is -2.71. The van der Waals surface area contributed by atoms with E-state index in [1.54, 1.807) is 22.9 Å². The van der Waals surface area contributed by atoms with Gasteiger partial charge in [0.15, 0.2) is 6.10 Å². The maximum absolute atomic E-state index is 12.6. The van der Waals surface area contributed by atoms with Crippen LogP contribution in [-0.2, 0) is 16.6 Å². The molecule has 0 aliphatic rings. The average molecular weight is 414 g/mol. The zero-order valence-corrected chi connectivity index (χ0v) is 17.5. The second kappa shape index (κ2) is 7.03. The van der Waals surface area contributed by atoms with E-state index in [4.69, 9.17) is 4.74 Å². The molecule has 1 atom stereocenters. The van der Waals surface area contributed by atoms with Crippen molar-refractivity contribution in [1.82, 2.24) is 9.78 Å². The van der Waals surface area contributed by atoms with Gasteiger partial charge in [0.1, 0.15) is 4.88 Å². The van der Waals surface area contributed by atoms with Crippen LogP contribution >= 0.6 is 22.7 Å². The highest BCUT2D eigenvalue weighted by atomic mass is 32.1. The molecule has 0 saturated carbocycles. The maximum atomic E-state index is 12.6. The van der Waals surface area contributed by atoms with Gasteiger partial charge in [0.05, 0.1) is 21.8 Å². The van der Waals surface area contributed by atoms with Crippen LogP contribution in [0.15, 0.2) is 30.3 Å². The minimum absolute atomic E-state index is 0.378. The van der Waals surface area contributed by atoms with Gasteiger partial charge in [0, 0.05) is 21.8 Å². The highest BCUT2D eigenvalue weighted by Gasteiger charge is 2.23. The molecule has 1 N–H and O–H groups in total.